The first-order valence-corrected chi connectivity index (χ1v) is 10.9. The van der Waals surface area contributed by atoms with E-state index in [0.29, 0.717) is 24.4 Å². The molecule has 1 saturated heterocycles. The lowest BCUT2D eigenvalue weighted by atomic mass is 10.00. The van der Waals surface area contributed by atoms with Gasteiger partial charge in [-0.05, 0) is 55.3 Å². The van der Waals surface area contributed by atoms with E-state index in [1.165, 1.54) is 36.9 Å². The van der Waals surface area contributed by atoms with Gasteiger partial charge in [0.1, 0.15) is 0 Å². The molecule has 2 fully saturated rings. The zero-order valence-corrected chi connectivity index (χ0v) is 17.0. The van der Waals surface area contributed by atoms with E-state index in [9.17, 15) is 4.79 Å². The van der Waals surface area contributed by atoms with Gasteiger partial charge in [0.25, 0.3) is 0 Å². The minimum atomic E-state index is 0.323. The van der Waals surface area contributed by atoms with Crippen molar-refractivity contribution >= 4 is 5.91 Å². The van der Waals surface area contributed by atoms with E-state index in [4.69, 9.17) is 0 Å². The molecule has 4 rings (SSSR count). The summed E-state index contributed by atoms with van der Waals surface area (Å²) in [5, 5.41) is 0. The number of hydrogen-bond acceptors (Lipinski definition) is 2. The maximum Gasteiger partial charge on any atom is 0.227 e. The largest absolute Gasteiger partial charge is 0.336 e. The number of likely N-dealkylation sites (tertiary alicyclic amines) is 1. The number of rotatable bonds is 7. The molecule has 0 aromatic heterocycles. The van der Waals surface area contributed by atoms with Crippen molar-refractivity contribution in [1.29, 1.82) is 0 Å². The van der Waals surface area contributed by atoms with Gasteiger partial charge in [0.2, 0.25) is 5.91 Å². The number of piperidine rings is 1. The number of hydrogen-bond donors (Lipinski definition) is 0. The molecule has 148 valence electrons. The second-order valence-corrected chi connectivity index (χ2v) is 8.34. The van der Waals surface area contributed by atoms with Gasteiger partial charge in [0.05, 0.1) is 6.42 Å². The van der Waals surface area contributed by atoms with Gasteiger partial charge in [-0.2, -0.15) is 0 Å². The Labute approximate surface area is 169 Å². The minimum Gasteiger partial charge on any atom is -0.336 e. The molecule has 2 aromatic carbocycles. The summed E-state index contributed by atoms with van der Waals surface area (Å²) in [4.78, 5) is 18.0. The van der Waals surface area contributed by atoms with E-state index in [0.717, 1.165) is 31.5 Å². The van der Waals surface area contributed by atoms with Crippen LogP contribution in [0.4, 0.5) is 0 Å². The van der Waals surface area contributed by atoms with Crippen LogP contribution in [0, 0.1) is 0 Å². The second-order valence-electron chi connectivity index (χ2n) is 8.34. The quantitative estimate of drug-likeness (QED) is 0.695. The van der Waals surface area contributed by atoms with Gasteiger partial charge >= 0.3 is 0 Å². The van der Waals surface area contributed by atoms with E-state index in [2.05, 4.69) is 65.3 Å². The molecule has 0 atom stereocenters. The Morgan fingerprint density at radius 1 is 0.893 bits per heavy atom. The van der Waals surface area contributed by atoms with E-state index in [-0.39, 0.29) is 0 Å². The third kappa shape index (κ3) is 4.64. The maximum absolute atomic E-state index is 13.2. The molecule has 0 bridgehead atoms. The normalized spacial score (nSPS) is 18.2. The van der Waals surface area contributed by atoms with Crippen LogP contribution in [0.1, 0.15) is 44.6 Å². The molecule has 0 radical (unpaired) electrons. The molecule has 0 spiro atoms. The van der Waals surface area contributed by atoms with Gasteiger partial charge in [-0.3, -0.25) is 4.79 Å². The van der Waals surface area contributed by atoms with Crippen LogP contribution >= 0.6 is 0 Å². The molecule has 28 heavy (non-hydrogen) atoms. The fourth-order valence-corrected chi connectivity index (χ4v) is 4.51. The number of carbonyl (C=O) groups is 1. The highest BCUT2D eigenvalue weighted by Gasteiger charge is 2.38. The first kappa shape index (κ1) is 19.2. The molecule has 1 aliphatic heterocycles. The lowest BCUT2D eigenvalue weighted by molar-refractivity contribution is -0.134. The van der Waals surface area contributed by atoms with Crippen molar-refractivity contribution in [2.45, 2.75) is 57.5 Å². The van der Waals surface area contributed by atoms with Crippen molar-refractivity contribution in [3.63, 3.8) is 0 Å². The molecule has 1 heterocycles. The van der Waals surface area contributed by atoms with Crippen molar-refractivity contribution in [2.24, 2.45) is 0 Å². The van der Waals surface area contributed by atoms with Gasteiger partial charge in [-0.25, -0.2) is 0 Å². The highest BCUT2D eigenvalue weighted by molar-refractivity contribution is 5.80. The summed E-state index contributed by atoms with van der Waals surface area (Å²) in [7, 11) is 0. The van der Waals surface area contributed by atoms with Crippen LogP contribution in [0.25, 0.3) is 11.1 Å². The molecular weight excluding hydrogens is 344 g/mol. The number of carbonyl (C=O) groups excluding carboxylic acids is 1. The lowest BCUT2D eigenvalue weighted by Gasteiger charge is -2.39. The molecular formula is C25H32N2O. The van der Waals surface area contributed by atoms with E-state index in [1.807, 2.05) is 6.07 Å². The summed E-state index contributed by atoms with van der Waals surface area (Å²) in [5.74, 6) is 0.323. The van der Waals surface area contributed by atoms with Crippen molar-refractivity contribution in [2.75, 3.05) is 19.6 Å². The Bertz CT molecular complexity index is 759. The first-order valence-electron chi connectivity index (χ1n) is 10.9. The van der Waals surface area contributed by atoms with Gasteiger partial charge in [0.15, 0.2) is 0 Å². The summed E-state index contributed by atoms with van der Waals surface area (Å²) < 4.78 is 0. The van der Waals surface area contributed by atoms with Crippen LogP contribution in [0.5, 0.6) is 0 Å². The molecule has 1 amide bonds. The van der Waals surface area contributed by atoms with Crippen LogP contribution in [0.3, 0.4) is 0 Å². The van der Waals surface area contributed by atoms with Crippen LogP contribution in [-0.2, 0) is 11.2 Å². The van der Waals surface area contributed by atoms with Crippen molar-refractivity contribution in [3.8, 4) is 11.1 Å². The zero-order valence-electron chi connectivity index (χ0n) is 17.0. The average Bonchev–Trinajstić information content (AvgIpc) is 3.56. The smallest absolute Gasteiger partial charge is 0.227 e. The molecule has 2 aliphatic rings. The van der Waals surface area contributed by atoms with Crippen molar-refractivity contribution < 1.29 is 4.79 Å². The monoisotopic (exact) mass is 376 g/mol. The van der Waals surface area contributed by atoms with E-state index < -0.39 is 0 Å². The predicted octanol–water partition coefficient (Wildman–Crippen LogP) is 4.76. The van der Waals surface area contributed by atoms with Crippen molar-refractivity contribution in [1.82, 2.24) is 9.80 Å². The highest BCUT2D eigenvalue weighted by atomic mass is 16.2. The summed E-state index contributed by atoms with van der Waals surface area (Å²) in [6, 6.07) is 19.9. The first-order chi connectivity index (χ1) is 13.7. The van der Waals surface area contributed by atoms with Crippen LogP contribution < -0.4 is 0 Å². The zero-order chi connectivity index (χ0) is 19.3. The van der Waals surface area contributed by atoms with Crippen LogP contribution in [0.15, 0.2) is 54.6 Å². The molecule has 1 aliphatic carbocycles. The molecule has 3 heteroatoms. The molecule has 0 unspecified atom stereocenters. The fraction of sp³-hybridized carbons (Fsp3) is 0.480. The van der Waals surface area contributed by atoms with Gasteiger partial charge in [0, 0.05) is 25.2 Å². The predicted molar refractivity (Wildman–Crippen MR) is 115 cm³/mol. The minimum absolute atomic E-state index is 0.323. The Hall–Kier alpha value is -2.13. The van der Waals surface area contributed by atoms with Gasteiger partial charge < -0.3 is 9.80 Å². The number of benzene rings is 2. The Morgan fingerprint density at radius 2 is 1.50 bits per heavy atom. The van der Waals surface area contributed by atoms with E-state index in [1.54, 1.807) is 0 Å². The Balaban J connectivity index is 1.39. The van der Waals surface area contributed by atoms with Crippen LogP contribution in [0.2, 0.25) is 0 Å². The summed E-state index contributed by atoms with van der Waals surface area (Å²) >= 11 is 0. The van der Waals surface area contributed by atoms with Crippen molar-refractivity contribution in [3.05, 3.63) is 60.2 Å². The van der Waals surface area contributed by atoms with Crippen LogP contribution in [-0.4, -0.2) is 47.4 Å². The molecule has 2 aromatic rings. The average molecular weight is 377 g/mol. The standard InChI is InChI=1S/C25H32N2O/c1-2-16-26-17-14-24(15-18-26)27(23-12-13-23)25(28)19-20-8-10-22(11-9-20)21-6-4-3-5-7-21/h3-11,23-24H,2,12-19H2,1H3. The third-order valence-corrected chi connectivity index (χ3v) is 6.13. The third-order valence-electron chi connectivity index (χ3n) is 6.13. The van der Waals surface area contributed by atoms with Gasteiger partial charge in [-0.1, -0.05) is 61.5 Å². The Morgan fingerprint density at radius 3 is 2.11 bits per heavy atom. The molecule has 0 N–H and O–H groups in total. The number of nitrogens with zero attached hydrogens (tertiary/aromatic N) is 2. The summed E-state index contributed by atoms with van der Waals surface area (Å²) in [5.41, 5.74) is 3.55. The van der Waals surface area contributed by atoms with E-state index >= 15 is 0 Å². The highest BCUT2D eigenvalue weighted by Crippen LogP contribution is 2.32. The SMILES string of the molecule is CCCN1CCC(N(C(=O)Cc2ccc(-c3ccccc3)cc2)C2CC2)CC1. The summed E-state index contributed by atoms with van der Waals surface area (Å²) in [6.07, 6.45) is 6.39. The second kappa shape index (κ2) is 8.91. The summed E-state index contributed by atoms with van der Waals surface area (Å²) in [6.45, 7) is 5.72. The topological polar surface area (TPSA) is 23.6 Å². The number of amides is 1. The fourth-order valence-electron chi connectivity index (χ4n) is 4.51. The molecule has 1 saturated carbocycles. The Kier molecular flexibility index (Phi) is 6.11. The molecule has 3 nitrogen and oxygen atoms in total. The lowest BCUT2D eigenvalue weighted by Crippen LogP contribution is -2.49. The maximum atomic E-state index is 13.2. The van der Waals surface area contributed by atoms with Gasteiger partial charge in [-0.15, -0.1) is 0 Å².